The van der Waals surface area contributed by atoms with E-state index in [0.717, 1.165) is 22.2 Å². The summed E-state index contributed by atoms with van der Waals surface area (Å²) in [5.74, 6) is 0. The molecule has 0 saturated heterocycles. The molecule has 0 atom stereocenters. The van der Waals surface area contributed by atoms with Crippen LogP contribution >= 0.6 is 27.5 Å². The van der Waals surface area contributed by atoms with Gasteiger partial charge in [-0.2, -0.15) is 18.3 Å². The smallest absolute Gasteiger partial charge is 0.277 e. The van der Waals surface area contributed by atoms with Crippen molar-refractivity contribution in [2.45, 2.75) is 6.18 Å². The van der Waals surface area contributed by atoms with Gasteiger partial charge in [0.2, 0.25) is 0 Å². The minimum absolute atomic E-state index is 0.0971. The Balaban J connectivity index is 2.14. The molecule has 0 radical (unpaired) electrons. The molecule has 2 aromatic rings. The van der Waals surface area contributed by atoms with Crippen LogP contribution in [0.1, 0.15) is 11.1 Å². The highest BCUT2D eigenvalue weighted by molar-refractivity contribution is 9.10. The van der Waals surface area contributed by atoms with Gasteiger partial charge in [-0.15, -0.1) is 0 Å². The highest BCUT2D eigenvalue weighted by atomic mass is 79.9. The first-order valence-electron chi connectivity index (χ1n) is 5.77. The number of hydrogen-bond donors (Lipinski definition) is 1. The molecule has 0 heterocycles. The van der Waals surface area contributed by atoms with E-state index >= 15 is 0 Å². The van der Waals surface area contributed by atoms with Crippen molar-refractivity contribution < 1.29 is 13.2 Å². The summed E-state index contributed by atoms with van der Waals surface area (Å²) in [6.07, 6.45) is -2.93. The lowest BCUT2D eigenvalue weighted by atomic mass is 10.2. The fraction of sp³-hybridized carbons (Fsp3) is 0.0714. The summed E-state index contributed by atoms with van der Waals surface area (Å²) in [5, 5.41) is 4.05. The third-order valence-electron chi connectivity index (χ3n) is 2.56. The van der Waals surface area contributed by atoms with E-state index in [1.54, 1.807) is 0 Å². The van der Waals surface area contributed by atoms with Gasteiger partial charge in [-0.1, -0.05) is 39.7 Å². The van der Waals surface area contributed by atoms with Gasteiger partial charge in [-0.3, -0.25) is 5.43 Å². The Morgan fingerprint density at radius 3 is 2.38 bits per heavy atom. The molecule has 0 aliphatic heterocycles. The number of halogens is 5. The number of rotatable bonds is 3. The van der Waals surface area contributed by atoms with Crippen LogP contribution in [-0.2, 0) is 6.18 Å². The summed E-state index contributed by atoms with van der Waals surface area (Å²) < 4.78 is 38.8. The number of nitrogens with zero attached hydrogens (tertiary/aromatic N) is 1. The zero-order chi connectivity index (χ0) is 15.5. The summed E-state index contributed by atoms with van der Waals surface area (Å²) in [6, 6.07) is 10.3. The van der Waals surface area contributed by atoms with E-state index in [0.29, 0.717) is 0 Å². The minimum atomic E-state index is -4.42. The number of anilines is 1. The van der Waals surface area contributed by atoms with Crippen molar-refractivity contribution in [3.63, 3.8) is 0 Å². The molecule has 0 fully saturated rings. The van der Waals surface area contributed by atoms with E-state index in [9.17, 15) is 13.2 Å². The average molecular weight is 378 g/mol. The van der Waals surface area contributed by atoms with Crippen LogP contribution in [0.5, 0.6) is 0 Å². The lowest BCUT2D eigenvalue weighted by Gasteiger charge is -2.09. The Labute approximate surface area is 132 Å². The van der Waals surface area contributed by atoms with Gasteiger partial charge in [0.15, 0.2) is 0 Å². The van der Waals surface area contributed by atoms with E-state index in [2.05, 4.69) is 26.5 Å². The Bertz CT molecular complexity index is 654. The van der Waals surface area contributed by atoms with E-state index in [1.807, 2.05) is 24.3 Å². The lowest BCUT2D eigenvalue weighted by molar-refractivity contribution is -0.137. The van der Waals surface area contributed by atoms with Gasteiger partial charge < -0.3 is 0 Å². The number of nitrogens with one attached hydrogen (secondary N) is 1. The predicted molar refractivity (Wildman–Crippen MR) is 81.8 cm³/mol. The maximum Gasteiger partial charge on any atom is 0.416 e. The van der Waals surface area contributed by atoms with E-state index in [-0.39, 0.29) is 10.7 Å². The molecule has 0 saturated carbocycles. The van der Waals surface area contributed by atoms with Crippen LogP contribution in [0, 0.1) is 0 Å². The summed E-state index contributed by atoms with van der Waals surface area (Å²) in [4.78, 5) is 0. The molecule has 0 unspecified atom stereocenters. The van der Waals surface area contributed by atoms with Gasteiger partial charge in [-0.05, 0) is 35.9 Å². The number of hydrazone groups is 1. The minimum Gasteiger partial charge on any atom is -0.277 e. The molecule has 7 heteroatoms. The summed E-state index contributed by atoms with van der Waals surface area (Å²) >= 11 is 9.14. The summed E-state index contributed by atoms with van der Waals surface area (Å²) in [5.41, 5.74) is 2.63. The average Bonchev–Trinajstić information content (AvgIpc) is 2.42. The first kappa shape index (κ1) is 15.9. The monoisotopic (exact) mass is 376 g/mol. The SMILES string of the molecule is FC(F)(F)c1ccc(Cl)c(NN=Cc2ccc(Br)cc2)c1. The van der Waals surface area contributed by atoms with Crippen molar-refractivity contribution in [1.82, 2.24) is 0 Å². The zero-order valence-corrected chi connectivity index (χ0v) is 12.8. The van der Waals surface area contributed by atoms with Crippen molar-refractivity contribution in [1.29, 1.82) is 0 Å². The molecule has 110 valence electrons. The Kier molecular flexibility index (Phi) is 4.90. The van der Waals surface area contributed by atoms with Crippen molar-refractivity contribution >= 4 is 39.4 Å². The predicted octanol–water partition coefficient (Wildman–Crippen LogP) is 5.57. The third kappa shape index (κ3) is 4.47. The standard InChI is InChI=1S/C14H9BrClF3N2/c15-11-4-1-9(2-5-11)8-20-21-13-7-10(14(17,18)19)3-6-12(13)16/h1-8,21H. The maximum atomic E-state index is 12.6. The van der Waals surface area contributed by atoms with Crippen LogP contribution in [0.4, 0.5) is 18.9 Å². The van der Waals surface area contributed by atoms with Gasteiger partial charge in [0.25, 0.3) is 0 Å². The van der Waals surface area contributed by atoms with Crippen molar-refractivity contribution in [3.05, 3.63) is 63.1 Å². The van der Waals surface area contributed by atoms with Crippen LogP contribution in [-0.4, -0.2) is 6.21 Å². The molecule has 2 nitrogen and oxygen atoms in total. The number of alkyl halides is 3. The fourth-order valence-electron chi connectivity index (χ4n) is 1.51. The second kappa shape index (κ2) is 6.49. The van der Waals surface area contributed by atoms with Gasteiger partial charge >= 0.3 is 6.18 Å². The molecule has 1 N–H and O–H groups in total. The normalized spacial score (nSPS) is 11.9. The second-order valence-electron chi connectivity index (χ2n) is 4.11. The van der Waals surface area contributed by atoms with Crippen molar-refractivity contribution in [2.75, 3.05) is 5.43 Å². The Morgan fingerprint density at radius 2 is 1.76 bits per heavy atom. The lowest BCUT2D eigenvalue weighted by Crippen LogP contribution is -2.05. The van der Waals surface area contributed by atoms with Crippen LogP contribution in [0.15, 0.2) is 52.0 Å². The first-order chi connectivity index (χ1) is 9.86. The molecule has 0 aliphatic carbocycles. The molecule has 0 amide bonds. The van der Waals surface area contributed by atoms with Crippen LogP contribution in [0.25, 0.3) is 0 Å². The van der Waals surface area contributed by atoms with Gasteiger partial charge in [0.1, 0.15) is 0 Å². The summed E-state index contributed by atoms with van der Waals surface area (Å²) in [6.45, 7) is 0. The molecule has 0 bridgehead atoms. The molecular weight excluding hydrogens is 369 g/mol. The molecule has 0 aliphatic rings. The topological polar surface area (TPSA) is 24.4 Å². The number of hydrogen-bond acceptors (Lipinski definition) is 2. The molecule has 0 aromatic heterocycles. The molecule has 2 rings (SSSR count). The van der Waals surface area contributed by atoms with E-state index in [4.69, 9.17) is 11.6 Å². The highest BCUT2D eigenvalue weighted by Crippen LogP contribution is 2.33. The number of benzene rings is 2. The van der Waals surface area contributed by atoms with Crippen molar-refractivity contribution in [2.24, 2.45) is 5.10 Å². The van der Waals surface area contributed by atoms with Crippen molar-refractivity contribution in [3.8, 4) is 0 Å². The summed E-state index contributed by atoms with van der Waals surface area (Å²) in [7, 11) is 0. The quantitative estimate of drug-likeness (QED) is 0.549. The zero-order valence-electron chi connectivity index (χ0n) is 10.5. The van der Waals surface area contributed by atoms with Gasteiger partial charge in [0.05, 0.1) is 22.5 Å². The largest absolute Gasteiger partial charge is 0.416 e. The van der Waals surface area contributed by atoms with Gasteiger partial charge in [-0.25, -0.2) is 0 Å². The molecule has 2 aromatic carbocycles. The fourth-order valence-corrected chi connectivity index (χ4v) is 1.94. The van der Waals surface area contributed by atoms with Crippen LogP contribution < -0.4 is 5.43 Å². The Hall–Kier alpha value is -1.53. The molecule has 21 heavy (non-hydrogen) atoms. The first-order valence-corrected chi connectivity index (χ1v) is 6.95. The van der Waals surface area contributed by atoms with E-state index < -0.39 is 11.7 Å². The highest BCUT2D eigenvalue weighted by Gasteiger charge is 2.30. The molecule has 0 spiro atoms. The maximum absolute atomic E-state index is 12.6. The van der Waals surface area contributed by atoms with Gasteiger partial charge in [0, 0.05) is 4.47 Å². The third-order valence-corrected chi connectivity index (χ3v) is 3.42. The van der Waals surface area contributed by atoms with Crippen LogP contribution in [0.3, 0.4) is 0 Å². The van der Waals surface area contributed by atoms with E-state index in [1.165, 1.54) is 12.3 Å². The molecular formula is C14H9BrClF3N2. The van der Waals surface area contributed by atoms with Crippen LogP contribution in [0.2, 0.25) is 5.02 Å². The second-order valence-corrected chi connectivity index (χ2v) is 5.44. The Morgan fingerprint density at radius 1 is 1.10 bits per heavy atom.